The average Bonchev–Trinajstić information content (AvgIpc) is 2.34. The fraction of sp³-hybridized carbons (Fsp3) is 0.429. The maximum atomic E-state index is 9.14. The van der Waals surface area contributed by atoms with Gasteiger partial charge >= 0.3 is 0 Å². The number of nitrogens with one attached hydrogen (secondary N) is 1. The van der Waals surface area contributed by atoms with Crippen LogP contribution in [0, 0.1) is 3.57 Å². The zero-order valence-corrected chi connectivity index (χ0v) is 8.37. The smallest absolute Gasteiger partial charge is 0.0719 e. The molecular weight excluding hydrogens is 255 g/mol. The van der Waals surface area contributed by atoms with Crippen molar-refractivity contribution in [3.05, 3.63) is 21.5 Å². The Morgan fingerprint density at radius 2 is 2.36 bits per heavy atom. The van der Waals surface area contributed by atoms with Crippen LogP contribution in [0.25, 0.3) is 0 Å². The summed E-state index contributed by atoms with van der Waals surface area (Å²) in [6.45, 7) is 1.68. The third-order valence-electron chi connectivity index (χ3n) is 1.55. The van der Waals surface area contributed by atoms with E-state index in [-0.39, 0.29) is 6.04 Å². The fourth-order valence-corrected chi connectivity index (χ4v) is 1.33. The minimum Gasteiger partial charge on any atom is -0.391 e. The normalized spacial score (nSPS) is 16.4. The van der Waals surface area contributed by atoms with Gasteiger partial charge in [0.05, 0.1) is 12.1 Å². The number of nitrogens with two attached hydrogens (primary N) is 1. The van der Waals surface area contributed by atoms with Crippen molar-refractivity contribution < 1.29 is 5.11 Å². The summed E-state index contributed by atoms with van der Waals surface area (Å²) < 4.78 is 1.11. The van der Waals surface area contributed by atoms with Gasteiger partial charge in [0.2, 0.25) is 0 Å². The molecule has 0 radical (unpaired) electrons. The fourth-order valence-electron chi connectivity index (χ4n) is 0.836. The molecule has 0 amide bonds. The molecule has 0 aromatic carbocycles. The molecule has 1 aromatic rings. The lowest BCUT2D eigenvalue weighted by atomic mass is 10.1. The van der Waals surface area contributed by atoms with E-state index in [9.17, 15) is 0 Å². The van der Waals surface area contributed by atoms with Crippen LogP contribution in [0.5, 0.6) is 0 Å². The van der Waals surface area contributed by atoms with Crippen molar-refractivity contribution in [1.29, 1.82) is 0 Å². The van der Waals surface area contributed by atoms with E-state index >= 15 is 0 Å². The summed E-state index contributed by atoms with van der Waals surface area (Å²) in [6, 6.07) is 1.62. The molecule has 62 valence electrons. The SMILES string of the molecule is CC(O)C(N)c1cc(I)c[nH]1. The molecule has 2 unspecified atom stereocenters. The number of aromatic amines is 1. The topological polar surface area (TPSA) is 62.0 Å². The molecule has 0 bridgehead atoms. The van der Waals surface area contributed by atoms with Gasteiger partial charge in [0.25, 0.3) is 0 Å². The lowest BCUT2D eigenvalue weighted by Gasteiger charge is -2.11. The molecule has 0 spiro atoms. The van der Waals surface area contributed by atoms with Crippen LogP contribution in [0.3, 0.4) is 0 Å². The highest BCUT2D eigenvalue weighted by Crippen LogP contribution is 2.14. The Kier molecular flexibility index (Phi) is 2.91. The molecular formula is C7H11IN2O. The molecule has 1 aromatic heterocycles. The summed E-state index contributed by atoms with van der Waals surface area (Å²) in [5.74, 6) is 0. The van der Waals surface area contributed by atoms with E-state index in [0.29, 0.717) is 0 Å². The van der Waals surface area contributed by atoms with E-state index in [1.807, 2.05) is 12.3 Å². The second kappa shape index (κ2) is 3.55. The standard InChI is InChI=1S/C7H11IN2O/c1-4(11)7(9)6-2-5(8)3-10-6/h2-4,7,10-11H,9H2,1H3. The van der Waals surface area contributed by atoms with Gasteiger partial charge in [0.15, 0.2) is 0 Å². The number of hydrogen-bond donors (Lipinski definition) is 3. The van der Waals surface area contributed by atoms with E-state index in [1.54, 1.807) is 6.92 Å². The van der Waals surface area contributed by atoms with E-state index in [2.05, 4.69) is 27.6 Å². The van der Waals surface area contributed by atoms with Crippen LogP contribution in [0.15, 0.2) is 12.3 Å². The van der Waals surface area contributed by atoms with Crippen LogP contribution < -0.4 is 5.73 Å². The van der Waals surface area contributed by atoms with E-state index in [0.717, 1.165) is 9.26 Å². The predicted molar refractivity (Wildman–Crippen MR) is 52.1 cm³/mol. The Bertz CT molecular complexity index is 234. The maximum Gasteiger partial charge on any atom is 0.0719 e. The summed E-state index contributed by atoms with van der Waals surface area (Å²) in [7, 11) is 0. The summed E-state index contributed by atoms with van der Waals surface area (Å²) in [5, 5.41) is 9.14. The van der Waals surface area contributed by atoms with Crippen LogP contribution in [-0.2, 0) is 0 Å². The molecule has 11 heavy (non-hydrogen) atoms. The second-order valence-electron chi connectivity index (χ2n) is 2.54. The first-order valence-electron chi connectivity index (χ1n) is 3.38. The number of halogens is 1. The zero-order chi connectivity index (χ0) is 8.43. The second-order valence-corrected chi connectivity index (χ2v) is 3.79. The number of aliphatic hydroxyl groups excluding tert-OH is 1. The molecule has 3 nitrogen and oxygen atoms in total. The summed E-state index contributed by atoms with van der Waals surface area (Å²) in [5.41, 5.74) is 6.55. The molecule has 0 aliphatic heterocycles. The van der Waals surface area contributed by atoms with Crippen LogP contribution in [0.4, 0.5) is 0 Å². The Morgan fingerprint density at radius 1 is 1.73 bits per heavy atom. The summed E-state index contributed by atoms with van der Waals surface area (Å²) >= 11 is 2.19. The molecule has 0 saturated heterocycles. The van der Waals surface area contributed by atoms with Gasteiger partial charge in [-0.25, -0.2) is 0 Å². The molecule has 4 heteroatoms. The van der Waals surface area contributed by atoms with Crippen molar-refractivity contribution in [3.63, 3.8) is 0 Å². The largest absolute Gasteiger partial charge is 0.391 e. The third kappa shape index (κ3) is 2.18. The Morgan fingerprint density at radius 3 is 2.73 bits per heavy atom. The quantitative estimate of drug-likeness (QED) is 0.699. The molecule has 0 aliphatic rings. The Balaban J connectivity index is 2.76. The van der Waals surface area contributed by atoms with Crippen molar-refractivity contribution in [3.8, 4) is 0 Å². The average molecular weight is 266 g/mol. The molecule has 1 rings (SSSR count). The highest BCUT2D eigenvalue weighted by atomic mass is 127. The summed E-state index contributed by atoms with van der Waals surface area (Å²) in [6.07, 6.45) is 1.35. The maximum absolute atomic E-state index is 9.14. The van der Waals surface area contributed by atoms with Crippen molar-refractivity contribution >= 4 is 22.6 Å². The minimum absolute atomic E-state index is 0.307. The lowest BCUT2D eigenvalue weighted by Crippen LogP contribution is -2.23. The van der Waals surface area contributed by atoms with Crippen LogP contribution in [-0.4, -0.2) is 16.2 Å². The van der Waals surface area contributed by atoms with Gasteiger partial charge in [-0.2, -0.15) is 0 Å². The van der Waals surface area contributed by atoms with Gasteiger partial charge in [-0.05, 0) is 35.6 Å². The molecule has 0 fully saturated rings. The molecule has 0 saturated carbocycles. The Hall–Kier alpha value is -0.0700. The first-order chi connectivity index (χ1) is 5.11. The van der Waals surface area contributed by atoms with Gasteiger partial charge in [-0.15, -0.1) is 0 Å². The lowest BCUT2D eigenvalue weighted by molar-refractivity contribution is 0.163. The number of aromatic nitrogens is 1. The van der Waals surface area contributed by atoms with Crippen molar-refractivity contribution in [1.82, 2.24) is 4.98 Å². The monoisotopic (exact) mass is 266 g/mol. The first kappa shape index (κ1) is 9.02. The Labute approximate surface area is 79.1 Å². The van der Waals surface area contributed by atoms with Crippen molar-refractivity contribution in [2.45, 2.75) is 19.1 Å². The van der Waals surface area contributed by atoms with E-state index in [4.69, 9.17) is 10.8 Å². The van der Waals surface area contributed by atoms with Crippen molar-refractivity contribution in [2.75, 3.05) is 0 Å². The van der Waals surface area contributed by atoms with Gasteiger partial charge in [-0.1, -0.05) is 0 Å². The van der Waals surface area contributed by atoms with Crippen LogP contribution >= 0.6 is 22.6 Å². The first-order valence-corrected chi connectivity index (χ1v) is 4.46. The van der Waals surface area contributed by atoms with Gasteiger partial charge in [0.1, 0.15) is 0 Å². The molecule has 2 atom stereocenters. The number of rotatable bonds is 2. The van der Waals surface area contributed by atoms with Gasteiger partial charge in [-0.3, -0.25) is 0 Å². The van der Waals surface area contributed by atoms with Crippen LogP contribution in [0.1, 0.15) is 18.7 Å². The van der Waals surface area contributed by atoms with Crippen molar-refractivity contribution in [2.24, 2.45) is 5.73 Å². The van der Waals surface area contributed by atoms with Gasteiger partial charge in [0, 0.05) is 15.5 Å². The van der Waals surface area contributed by atoms with E-state index in [1.165, 1.54) is 0 Å². The molecule has 1 heterocycles. The highest BCUT2D eigenvalue weighted by molar-refractivity contribution is 14.1. The highest BCUT2D eigenvalue weighted by Gasteiger charge is 2.12. The van der Waals surface area contributed by atoms with E-state index < -0.39 is 6.10 Å². The number of aliphatic hydroxyl groups is 1. The predicted octanol–water partition coefficient (Wildman–Crippen LogP) is 1.000. The third-order valence-corrected chi connectivity index (χ3v) is 2.17. The minimum atomic E-state index is -0.510. The van der Waals surface area contributed by atoms with Crippen LogP contribution in [0.2, 0.25) is 0 Å². The number of hydrogen-bond acceptors (Lipinski definition) is 2. The molecule has 4 N–H and O–H groups in total. The van der Waals surface area contributed by atoms with Gasteiger partial charge < -0.3 is 15.8 Å². The zero-order valence-electron chi connectivity index (χ0n) is 6.21. The summed E-state index contributed by atoms with van der Waals surface area (Å²) in [4.78, 5) is 2.99. The molecule has 0 aliphatic carbocycles. The number of H-pyrrole nitrogens is 1.